The number of carboxylic acids is 2. The zero-order valence-corrected chi connectivity index (χ0v) is 24.4. The smallest absolute Gasteiger partial charge is 0.336 e. The van der Waals surface area contributed by atoms with Crippen molar-refractivity contribution >= 4 is 34.7 Å². The Hall–Kier alpha value is -4.01. The Bertz CT molecular complexity index is 1370. The van der Waals surface area contributed by atoms with E-state index in [1.54, 1.807) is 0 Å². The summed E-state index contributed by atoms with van der Waals surface area (Å²) < 4.78 is 10.7. The third-order valence-electron chi connectivity index (χ3n) is 7.07. The van der Waals surface area contributed by atoms with E-state index in [2.05, 4.69) is 61.6 Å². The van der Waals surface area contributed by atoms with Gasteiger partial charge in [-0.2, -0.15) is 0 Å². The third-order valence-corrected chi connectivity index (χ3v) is 7.07. The summed E-state index contributed by atoms with van der Waals surface area (Å²) >= 11 is 0. The maximum Gasteiger partial charge on any atom is 0.336 e. The first-order valence-corrected chi connectivity index (χ1v) is 14.4. The number of carbonyl (C=O) groups is 3. The van der Waals surface area contributed by atoms with Gasteiger partial charge in [0.15, 0.2) is 12.2 Å². The molecule has 3 aromatic carbocycles. The monoisotopic (exact) mass is 575 g/mol. The van der Waals surface area contributed by atoms with E-state index in [0.717, 1.165) is 24.8 Å². The predicted molar refractivity (Wildman–Crippen MR) is 163 cm³/mol. The zero-order valence-electron chi connectivity index (χ0n) is 24.4. The van der Waals surface area contributed by atoms with Gasteiger partial charge in [-0.3, -0.25) is 4.79 Å². The van der Waals surface area contributed by atoms with Crippen LogP contribution in [-0.4, -0.2) is 60.0 Å². The molecule has 42 heavy (non-hydrogen) atoms. The molecule has 0 fully saturated rings. The zero-order chi connectivity index (χ0) is 30.3. The highest BCUT2D eigenvalue weighted by Crippen LogP contribution is 2.17. The van der Waals surface area contributed by atoms with Gasteiger partial charge in [0.1, 0.15) is 6.61 Å². The van der Waals surface area contributed by atoms with Crippen LogP contribution in [0.5, 0.6) is 0 Å². The van der Waals surface area contributed by atoms with Gasteiger partial charge in [0.25, 0.3) is 5.91 Å². The van der Waals surface area contributed by atoms with Gasteiger partial charge in [0.2, 0.25) is 0 Å². The number of hydrogen-bond acceptors (Lipinski definition) is 5. The topological polar surface area (TPSA) is 122 Å². The number of allylic oxidation sites excluding steroid dienone is 1. The van der Waals surface area contributed by atoms with E-state index >= 15 is 0 Å². The number of aryl methyl sites for hydroxylation is 3. The molecule has 0 aliphatic carbocycles. The number of rotatable bonds is 18. The SMILES string of the molecule is Cc1ccc(/C=C/CCCOC(C(=O)NCCCCCc2ccc3ccccc3c2)C(OCC(=O)O)C(=O)O)cc1C. The number of amides is 1. The minimum Gasteiger partial charge on any atom is -0.480 e. The fourth-order valence-corrected chi connectivity index (χ4v) is 4.59. The van der Waals surface area contributed by atoms with Crippen molar-refractivity contribution in [2.45, 2.75) is 64.6 Å². The first kappa shape index (κ1) is 32.5. The number of ether oxygens (including phenoxy) is 2. The van der Waals surface area contributed by atoms with Gasteiger partial charge in [-0.25, -0.2) is 9.59 Å². The van der Waals surface area contributed by atoms with Crippen molar-refractivity contribution in [1.82, 2.24) is 5.32 Å². The Balaban J connectivity index is 1.46. The molecule has 224 valence electrons. The molecule has 3 aromatic rings. The van der Waals surface area contributed by atoms with Crippen LogP contribution in [0.1, 0.15) is 54.4 Å². The molecule has 2 unspecified atom stereocenters. The molecule has 0 saturated heterocycles. The van der Waals surface area contributed by atoms with Crippen LogP contribution in [0.2, 0.25) is 0 Å². The number of hydrogen-bond donors (Lipinski definition) is 3. The van der Waals surface area contributed by atoms with E-state index < -0.39 is 36.7 Å². The Morgan fingerprint density at radius 3 is 2.36 bits per heavy atom. The average molecular weight is 576 g/mol. The van der Waals surface area contributed by atoms with Crippen LogP contribution in [0.25, 0.3) is 16.8 Å². The molecular formula is C34H41NO7. The number of carboxylic acid groups (broad SMARTS) is 2. The molecule has 3 N–H and O–H groups in total. The van der Waals surface area contributed by atoms with Gasteiger partial charge in [-0.1, -0.05) is 79.2 Å². The summed E-state index contributed by atoms with van der Waals surface area (Å²) in [5.74, 6) is -3.42. The Kier molecular flexibility index (Phi) is 13.2. The quantitative estimate of drug-likeness (QED) is 0.166. The van der Waals surface area contributed by atoms with Crippen LogP contribution in [0.15, 0.2) is 66.7 Å². The lowest BCUT2D eigenvalue weighted by Crippen LogP contribution is -2.49. The summed E-state index contributed by atoms with van der Waals surface area (Å²) in [6.45, 7) is 3.73. The molecule has 0 spiro atoms. The summed E-state index contributed by atoms with van der Waals surface area (Å²) in [6, 6.07) is 20.9. The first-order chi connectivity index (χ1) is 20.2. The summed E-state index contributed by atoms with van der Waals surface area (Å²) in [6.07, 6.45) is 5.46. The van der Waals surface area contributed by atoms with Crippen LogP contribution in [0.4, 0.5) is 0 Å². The second-order valence-electron chi connectivity index (χ2n) is 10.4. The summed E-state index contributed by atoms with van der Waals surface area (Å²) in [5.41, 5.74) is 4.78. The van der Waals surface area contributed by atoms with Crippen molar-refractivity contribution in [3.63, 3.8) is 0 Å². The molecular weight excluding hydrogens is 534 g/mol. The van der Waals surface area contributed by atoms with Crippen LogP contribution < -0.4 is 5.32 Å². The molecule has 0 bridgehead atoms. The second-order valence-corrected chi connectivity index (χ2v) is 10.4. The second kappa shape index (κ2) is 17.1. The van der Waals surface area contributed by atoms with Crippen molar-refractivity contribution in [3.05, 3.63) is 89.0 Å². The molecule has 1 amide bonds. The molecule has 3 rings (SSSR count). The summed E-state index contributed by atoms with van der Waals surface area (Å²) in [7, 11) is 0. The van der Waals surface area contributed by atoms with Crippen molar-refractivity contribution < 1.29 is 34.1 Å². The molecule has 0 aromatic heterocycles. The van der Waals surface area contributed by atoms with Gasteiger partial charge in [0, 0.05) is 13.2 Å². The lowest BCUT2D eigenvalue weighted by atomic mass is 10.0. The van der Waals surface area contributed by atoms with E-state index in [4.69, 9.17) is 14.6 Å². The lowest BCUT2D eigenvalue weighted by Gasteiger charge is -2.23. The normalized spacial score (nSPS) is 12.8. The highest BCUT2D eigenvalue weighted by molar-refractivity contribution is 5.88. The lowest BCUT2D eigenvalue weighted by molar-refractivity contribution is -0.172. The fraction of sp³-hybridized carbons (Fsp3) is 0.382. The standard InChI is InChI=1S/C34H41NO7/c1-24-15-16-26(21-25(24)2)11-6-4-10-20-41-31(32(34(39)40)42-23-30(36)37)33(38)35-19-9-3-5-12-27-17-18-28-13-7-8-14-29(28)22-27/h6-8,11,13-18,21-22,31-32H,3-5,9-10,12,19-20,23H2,1-2H3,(H,35,38)(H,36,37)(H,39,40)/b11-6+. The number of carbonyl (C=O) groups excluding carboxylic acids is 1. The van der Waals surface area contributed by atoms with Crippen molar-refractivity contribution in [2.75, 3.05) is 19.8 Å². The van der Waals surface area contributed by atoms with Gasteiger partial charge >= 0.3 is 11.9 Å². The van der Waals surface area contributed by atoms with E-state index in [9.17, 15) is 19.5 Å². The average Bonchev–Trinajstić information content (AvgIpc) is 2.96. The Morgan fingerprint density at radius 2 is 1.62 bits per heavy atom. The van der Waals surface area contributed by atoms with Gasteiger partial charge < -0.3 is 25.0 Å². The van der Waals surface area contributed by atoms with Crippen LogP contribution in [0, 0.1) is 13.8 Å². The highest BCUT2D eigenvalue weighted by Gasteiger charge is 2.36. The number of fused-ring (bicyclic) bond motifs is 1. The van der Waals surface area contributed by atoms with Crippen LogP contribution in [-0.2, 0) is 30.3 Å². The Labute approximate surface area is 247 Å². The number of aliphatic carboxylic acids is 2. The van der Waals surface area contributed by atoms with E-state index in [0.29, 0.717) is 25.8 Å². The molecule has 2 atom stereocenters. The van der Waals surface area contributed by atoms with Gasteiger partial charge in [-0.15, -0.1) is 0 Å². The first-order valence-electron chi connectivity index (χ1n) is 14.4. The molecule has 0 aliphatic heterocycles. The fourth-order valence-electron chi connectivity index (χ4n) is 4.59. The number of nitrogens with one attached hydrogen (secondary N) is 1. The van der Waals surface area contributed by atoms with Crippen molar-refractivity contribution in [1.29, 1.82) is 0 Å². The number of unbranched alkanes of at least 4 members (excludes halogenated alkanes) is 3. The molecule has 0 radical (unpaired) electrons. The predicted octanol–water partition coefficient (Wildman–Crippen LogP) is 5.72. The molecule has 0 heterocycles. The molecule has 0 aliphatic rings. The van der Waals surface area contributed by atoms with E-state index in [1.807, 2.05) is 30.4 Å². The van der Waals surface area contributed by atoms with E-state index in [-0.39, 0.29) is 6.61 Å². The molecule has 0 saturated carbocycles. The van der Waals surface area contributed by atoms with Gasteiger partial charge in [0.05, 0.1) is 0 Å². The number of benzene rings is 3. The van der Waals surface area contributed by atoms with Crippen LogP contribution in [0.3, 0.4) is 0 Å². The minimum absolute atomic E-state index is 0.112. The molecule has 8 heteroatoms. The van der Waals surface area contributed by atoms with Crippen molar-refractivity contribution in [2.24, 2.45) is 0 Å². The van der Waals surface area contributed by atoms with E-state index in [1.165, 1.54) is 27.5 Å². The third kappa shape index (κ3) is 10.8. The Morgan fingerprint density at radius 1 is 0.833 bits per heavy atom. The van der Waals surface area contributed by atoms with Crippen LogP contribution >= 0.6 is 0 Å². The molecule has 8 nitrogen and oxygen atoms in total. The summed E-state index contributed by atoms with van der Waals surface area (Å²) in [5, 5.41) is 23.8. The largest absolute Gasteiger partial charge is 0.480 e. The maximum atomic E-state index is 12.9. The maximum absolute atomic E-state index is 12.9. The summed E-state index contributed by atoms with van der Waals surface area (Å²) in [4.78, 5) is 35.8. The van der Waals surface area contributed by atoms with Crippen molar-refractivity contribution in [3.8, 4) is 0 Å². The highest BCUT2D eigenvalue weighted by atomic mass is 16.6. The van der Waals surface area contributed by atoms with Gasteiger partial charge in [-0.05, 0) is 79.0 Å². The minimum atomic E-state index is -1.74.